The highest BCUT2D eigenvalue weighted by Gasteiger charge is 2.23. The van der Waals surface area contributed by atoms with E-state index < -0.39 is 0 Å². The summed E-state index contributed by atoms with van der Waals surface area (Å²) in [7, 11) is 0. The predicted octanol–water partition coefficient (Wildman–Crippen LogP) is 4.76. The summed E-state index contributed by atoms with van der Waals surface area (Å²) < 4.78 is 5.46. The second-order valence-corrected chi connectivity index (χ2v) is 8.04. The number of nitrogens with one attached hydrogen (secondary N) is 2. The zero-order chi connectivity index (χ0) is 21.2. The van der Waals surface area contributed by atoms with Gasteiger partial charge in [0.15, 0.2) is 0 Å². The summed E-state index contributed by atoms with van der Waals surface area (Å²) in [6.07, 6.45) is 6.02. The number of anilines is 1. The van der Waals surface area contributed by atoms with E-state index in [1.54, 1.807) is 0 Å². The van der Waals surface area contributed by atoms with Crippen molar-refractivity contribution in [2.75, 3.05) is 31.6 Å². The zero-order valence-electron chi connectivity index (χ0n) is 17.0. The third kappa shape index (κ3) is 4.09. The van der Waals surface area contributed by atoms with Gasteiger partial charge in [0, 0.05) is 30.0 Å². The second kappa shape index (κ2) is 8.57. The number of H-pyrrole nitrogens is 1. The molecule has 5 rings (SSSR count). The molecule has 0 radical (unpaired) electrons. The molecule has 2 N–H and O–H groups in total. The van der Waals surface area contributed by atoms with E-state index in [4.69, 9.17) is 16.3 Å². The van der Waals surface area contributed by atoms with Gasteiger partial charge in [0.25, 0.3) is 5.91 Å². The number of ether oxygens (including phenoxy) is 1. The first-order chi connectivity index (χ1) is 15.2. The molecular weight excluding hydrogens is 412 g/mol. The lowest BCUT2D eigenvalue weighted by molar-refractivity contribution is -0.112. The second-order valence-electron chi connectivity index (χ2n) is 7.64. The fourth-order valence-electron chi connectivity index (χ4n) is 4.04. The van der Waals surface area contributed by atoms with Gasteiger partial charge >= 0.3 is 0 Å². The highest BCUT2D eigenvalue weighted by molar-refractivity contribution is 6.33. The monoisotopic (exact) mass is 434 g/mol. The van der Waals surface area contributed by atoms with Crippen molar-refractivity contribution in [2.24, 2.45) is 0 Å². The third-order valence-corrected chi connectivity index (χ3v) is 5.92. The number of allylic oxidation sites excluding steroid dienone is 2. The average molecular weight is 435 g/mol. The molecule has 2 aliphatic rings. The standard InChI is InChI=1S/C24H23ClN4O2/c25-19-7-3-1-5-17(19)23-27-20-10-9-16(15-21(20)28-23)26-24(30)18-6-2-4-8-22(18)29-11-13-31-14-12-29/h1,3,5-10,15H,2,4,11-14H2,(H,26,30)(H,27,28). The number of hydrogen-bond acceptors (Lipinski definition) is 4. The van der Waals surface area contributed by atoms with Gasteiger partial charge in [-0.05, 0) is 43.2 Å². The topological polar surface area (TPSA) is 70.2 Å². The van der Waals surface area contributed by atoms with Crippen LogP contribution in [0.15, 0.2) is 65.9 Å². The number of benzene rings is 2. The van der Waals surface area contributed by atoms with Crippen LogP contribution in [0.4, 0.5) is 5.69 Å². The number of fused-ring (bicyclic) bond motifs is 1. The number of aromatic nitrogens is 2. The summed E-state index contributed by atoms with van der Waals surface area (Å²) in [6, 6.07) is 13.3. The number of rotatable bonds is 4. The lowest BCUT2D eigenvalue weighted by Gasteiger charge is -2.33. The Balaban J connectivity index is 1.37. The van der Waals surface area contributed by atoms with Crippen LogP contribution in [0.3, 0.4) is 0 Å². The lowest BCUT2D eigenvalue weighted by atomic mass is 10.0. The first kappa shape index (κ1) is 19.8. The number of aromatic amines is 1. The molecule has 1 aromatic heterocycles. The highest BCUT2D eigenvalue weighted by atomic mass is 35.5. The van der Waals surface area contributed by atoms with Crippen LogP contribution in [0.1, 0.15) is 12.8 Å². The van der Waals surface area contributed by atoms with Crippen molar-refractivity contribution in [1.29, 1.82) is 0 Å². The quantitative estimate of drug-likeness (QED) is 0.621. The minimum absolute atomic E-state index is 0.0948. The Morgan fingerprint density at radius 1 is 1.10 bits per heavy atom. The molecule has 1 fully saturated rings. The van der Waals surface area contributed by atoms with E-state index >= 15 is 0 Å². The maximum atomic E-state index is 13.1. The fraction of sp³-hybridized carbons (Fsp3) is 0.250. The van der Waals surface area contributed by atoms with Crippen molar-refractivity contribution >= 4 is 34.2 Å². The Hall–Kier alpha value is -3.09. The van der Waals surface area contributed by atoms with Gasteiger partial charge in [0.2, 0.25) is 0 Å². The molecule has 0 saturated carbocycles. The summed E-state index contributed by atoms with van der Waals surface area (Å²) in [5.41, 5.74) is 4.97. The Labute approximate surface area is 185 Å². The molecule has 0 spiro atoms. The molecular formula is C24H23ClN4O2. The number of hydrogen-bond donors (Lipinski definition) is 2. The number of carbonyl (C=O) groups excluding carboxylic acids is 1. The molecule has 0 atom stereocenters. The van der Waals surface area contributed by atoms with Crippen LogP contribution >= 0.6 is 11.6 Å². The summed E-state index contributed by atoms with van der Waals surface area (Å²) in [5.74, 6) is 0.610. The maximum absolute atomic E-state index is 13.1. The van der Waals surface area contributed by atoms with Crippen LogP contribution in [-0.4, -0.2) is 47.1 Å². The number of nitrogens with zero attached hydrogens (tertiary/aromatic N) is 2. The molecule has 1 amide bonds. The van der Waals surface area contributed by atoms with Gasteiger partial charge in [-0.2, -0.15) is 0 Å². The van der Waals surface area contributed by atoms with Gasteiger partial charge in [-0.3, -0.25) is 4.79 Å². The third-order valence-electron chi connectivity index (χ3n) is 5.59. The number of halogens is 1. The smallest absolute Gasteiger partial charge is 0.257 e. The zero-order valence-corrected chi connectivity index (χ0v) is 17.8. The largest absolute Gasteiger partial charge is 0.378 e. The molecule has 1 saturated heterocycles. The molecule has 2 aromatic carbocycles. The molecule has 2 heterocycles. The van der Waals surface area contributed by atoms with E-state index in [9.17, 15) is 4.79 Å². The minimum Gasteiger partial charge on any atom is -0.378 e. The molecule has 31 heavy (non-hydrogen) atoms. The number of carbonyl (C=O) groups is 1. The molecule has 1 aliphatic heterocycles. The number of morpholine rings is 1. The Bertz CT molecular complexity index is 1190. The van der Waals surface area contributed by atoms with Crippen LogP contribution in [0.2, 0.25) is 5.02 Å². The number of imidazole rings is 1. The van der Waals surface area contributed by atoms with Gasteiger partial charge in [-0.1, -0.05) is 35.9 Å². The SMILES string of the molecule is O=C(Nc1ccc2nc(-c3ccccc3Cl)[nH]c2c1)C1=CCCC=C1N1CCOCC1. The van der Waals surface area contributed by atoms with E-state index in [-0.39, 0.29) is 5.91 Å². The molecule has 0 unspecified atom stereocenters. The molecule has 3 aromatic rings. The Kier molecular flexibility index (Phi) is 5.49. The van der Waals surface area contributed by atoms with Crippen LogP contribution in [0.25, 0.3) is 22.4 Å². The average Bonchev–Trinajstić information content (AvgIpc) is 3.23. The van der Waals surface area contributed by atoms with E-state index in [1.165, 1.54) is 0 Å². The van der Waals surface area contributed by atoms with Gasteiger partial charge < -0.3 is 19.9 Å². The summed E-state index contributed by atoms with van der Waals surface area (Å²) >= 11 is 6.31. The molecule has 1 aliphatic carbocycles. The first-order valence-electron chi connectivity index (χ1n) is 10.5. The van der Waals surface area contributed by atoms with Gasteiger partial charge in [-0.15, -0.1) is 0 Å². The number of amides is 1. The lowest BCUT2D eigenvalue weighted by Crippen LogP contribution is -2.38. The van der Waals surface area contributed by atoms with Crippen LogP contribution in [-0.2, 0) is 9.53 Å². The van der Waals surface area contributed by atoms with Crippen molar-refractivity contribution in [3.05, 3.63) is 70.9 Å². The van der Waals surface area contributed by atoms with Crippen molar-refractivity contribution in [3.63, 3.8) is 0 Å². The van der Waals surface area contributed by atoms with Crippen molar-refractivity contribution in [3.8, 4) is 11.4 Å². The van der Waals surface area contributed by atoms with Crippen LogP contribution < -0.4 is 5.32 Å². The van der Waals surface area contributed by atoms with Crippen molar-refractivity contribution < 1.29 is 9.53 Å². The van der Waals surface area contributed by atoms with E-state index in [1.807, 2.05) is 48.5 Å². The first-order valence-corrected chi connectivity index (χ1v) is 10.9. The van der Waals surface area contributed by atoms with E-state index in [0.29, 0.717) is 24.1 Å². The normalized spacial score (nSPS) is 16.7. The Morgan fingerprint density at radius 3 is 2.74 bits per heavy atom. The van der Waals surface area contributed by atoms with Gasteiger partial charge in [0.1, 0.15) is 5.82 Å². The minimum atomic E-state index is -0.0948. The van der Waals surface area contributed by atoms with Gasteiger partial charge in [0.05, 0.1) is 34.8 Å². The van der Waals surface area contributed by atoms with E-state index in [0.717, 1.165) is 59.5 Å². The van der Waals surface area contributed by atoms with Crippen LogP contribution in [0.5, 0.6) is 0 Å². The summed E-state index contributed by atoms with van der Waals surface area (Å²) in [5, 5.41) is 3.69. The van der Waals surface area contributed by atoms with Crippen LogP contribution in [0, 0.1) is 0 Å². The molecule has 6 nitrogen and oxygen atoms in total. The summed E-state index contributed by atoms with van der Waals surface area (Å²) in [4.78, 5) is 23.3. The van der Waals surface area contributed by atoms with Gasteiger partial charge in [-0.25, -0.2) is 4.98 Å². The van der Waals surface area contributed by atoms with Crippen molar-refractivity contribution in [2.45, 2.75) is 12.8 Å². The molecule has 7 heteroatoms. The fourth-order valence-corrected chi connectivity index (χ4v) is 4.27. The maximum Gasteiger partial charge on any atom is 0.257 e. The highest BCUT2D eigenvalue weighted by Crippen LogP contribution is 2.29. The Morgan fingerprint density at radius 2 is 1.90 bits per heavy atom. The molecule has 0 bridgehead atoms. The molecule has 158 valence electrons. The summed E-state index contributed by atoms with van der Waals surface area (Å²) in [6.45, 7) is 3.00. The van der Waals surface area contributed by atoms with Crippen molar-refractivity contribution in [1.82, 2.24) is 14.9 Å². The van der Waals surface area contributed by atoms with E-state index in [2.05, 4.69) is 26.3 Å². The predicted molar refractivity (Wildman–Crippen MR) is 123 cm³/mol.